The van der Waals surface area contributed by atoms with Crippen molar-refractivity contribution in [2.45, 2.75) is 6.92 Å². The number of hydrogen-bond donors (Lipinski definition) is 2. The third-order valence-corrected chi connectivity index (χ3v) is 3.34. The first kappa shape index (κ1) is 16.4. The maximum Gasteiger partial charge on any atom is 0.255 e. The average molecular weight is 349 g/mol. The first-order chi connectivity index (χ1) is 11.9. The van der Waals surface area contributed by atoms with Crippen LogP contribution in [0.15, 0.2) is 30.3 Å². The number of anilines is 1. The molecule has 0 aliphatic carbocycles. The van der Waals surface area contributed by atoms with Crippen molar-refractivity contribution < 1.29 is 23.1 Å². The van der Waals surface area contributed by atoms with E-state index < -0.39 is 29.1 Å². The first-order valence-corrected chi connectivity index (χ1v) is 6.91. The number of aromatic hydroxyl groups is 1. The quantitative estimate of drug-likeness (QED) is 0.757. The Hall–Kier alpha value is -3.43. The highest BCUT2D eigenvalue weighted by Crippen LogP contribution is 2.23. The van der Waals surface area contributed by atoms with Crippen molar-refractivity contribution in [3.63, 3.8) is 0 Å². The Bertz CT molecular complexity index is 951. The molecule has 10 heteroatoms. The minimum absolute atomic E-state index is 0.0108. The molecule has 0 aliphatic rings. The number of hydrogen-bond acceptors (Lipinski definition) is 5. The third kappa shape index (κ3) is 3.13. The molecule has 0 saturated carbocycles. The SMILES string of the molecule is Cc1nnnn1-c1cc(NC(=O)c2cc(F)c(O)c(F)c2)ccc1F. The summed E-state index contributed by atoms with van der Waals surface area (Å²) in [7, 11) is 0. The maximum atomic E-state index is 14.0. The highest BCUT2D eigenvalue weighted by molar-refractivity contribution is 6.04. The van der Waals surface area contributed by atoms with Crippen LogP contribution in [0.3, 0.4) is 0 Å². The monoisotopic (exact) mass is 349 g/mol. The largest absolute Gasteiger partial charge is 0.503 e. The van der Waals surface area contributed by atoms with Crippen LogP contribution in [-0.4, -0.2) is 31.2 Å². The van der Waals surface area contributed by atoms with Gasteiger partial charge in [-0.25, -0.2) is 13.2 Å². The molecule has 1 aromatic heterocycles. The van der Waals surface area contributed by atoms with Gasteiger partial charge in [0.25, 0.3) is 5.91 Å². The molecule has 0 unspecified atom stereocenters. The van der Waals surface area contributed by atoms with E-state index >= 15 is 0 Å². The van der Waals surface area contributed by atoms with Crippen LogP contribution in [0.25, 0.3) is 5.69 Å². The number of phenolic OH excluding ortho intramolecular Hbond substituents is 1. The number of nitrogens with zero attached hydrogens (tertiary/aromatic N) is 4. The molecule has 3 rings (SSSR count). The molecule has 0 saturated heterocycles. The molecular formula is C15H10F3N5O2. The zero-order chi connectivity index (χ0) is 18.1. The summed E-state index contributed by atoms with van der Waals surface area (Å²) in [5.74, 6) is -4.86. The Morgan fingerprint density at radius 2 is 1.80 bits per heavy atom. The van der Waals surface area contributed by atoms with Gasteiger partial charge in [0, 0.05) is 11.3 Å². The number of carbonyl (C=O) groups excluding carboxylic acids is 1. The summed E-state index contributed by atoms with van der Waals surface area (Å²) in [5, 5.41) is 22.1. The molecule has 1 heterocycles. The number of carbonyl (C=O) groups is 1. The lowest BCUT2D eigenvalue weighted by atomic mass is 10.1. The molecule has 0 spiro atoms. The molecule has 1 amide bonds. The fourth-order valence-electron chi connectivity index (χ4n) is 2.11. The van der Waals surface area contributed by atoms with Crippen LogP contribution in [0.5, 0.6) is 5.75 Å². The summed E-state index contributed by atoms with van der Waals surface area (Å²) in [5.41, 5.74) is -0.203. The number of benzene rings is 2. The summed E-state index contributed by atoms with van der Waals surface area (Å²) in [6.45, 7) is 1.56. The molecule has 0 atom stereocenters. The zero-order valence-electron chi connectivity index (χ0n) is 12.7. The van der Waals surface area contributed by atoms with Crippen molar-refractivity contribution in [3.05, 3.63) is 59.2 Å². The van der Waals surface area contributed by atoms with Gasteiger partial charge >= 0.3 is 0 Å². The van der Waals surface area contributed by atoms with Gasteiger partial charge < -0.3 is 10.4 Å². The van der Waals surface area contributed by atoms with Crippen LogP contribution in [0.2, 0.25) is 0 Å². The maximum absolute atomic E-state index is 14.0. The van der Waals surface area contributed by atoms with E-state index in [1.54, 1.807) is 6.92 Å². The fraction of sp³-hybridized carbons (Fsp3) is 0.0667. The lowest BCUT2D eigenvalue weighted by molar-refractivity contribution is 0.102. The highest BCUT2D eigenvalue weighted by Gasteiger charge is 2.16. The number of nitrogens with one attached hydrogen (secondary N) is 1. The summed E-state index contributed by atoms with van der Waals surface area (Å²) in [4.78, 5) is 12.1. The van der Waals surface area contributed by atoms with Crippen molar-refractivity contribution in [3.8, 4) is 11.4 Å². The predicted octanol–water partition coefficient (Wildman–Crippen LogP) is 2.35. The fourth-order valence-corrected chi connectivity index (χ4v) is 2.11. The number of amides is 1. The molecule has 0 radical (unpaired) electrons. The third-order valence-electron chi connectivity index (χ3n) is 3.34. The predicted molar refractivity (Wildman–Crippen MR) is 79.8 cm³/mol. The Labute approximate surface area is 138 Å². The van der Waals surface area contributed by atoms with Gasteiger partial charge in [-0.15, -0.1) is 5.10 Å². The number of aromatic nitrogens is 4. The second-order valence-corrected chi connectivity index (χ2v) is 5.05. The molecule has 128 valence electrons. The van der Waals surface area contributed by atoms with E-state index in [2.05, 4.69) is 20.8 Å². The van der Waals surface area contributed by atoms with Crippen molar-refractivity contribution in [1.82, 2.24) is 20.2 Å². The van der Waals surface area contributed by atoms with E-state index in [0.29, 0.717) is 18.0 Å². The number of tetrazole rings is 1. The second-order valence-electron chi connectivity index (χ2n) is 5.05. The van der Waals surface area contributed by atoms with E-state index in [0.717, 1.165) is 10.7 Å². The molecule has 3 aromatic rings. The summed E-state index contributed by atoms with van der Waals surface area (Å²) in [6.07, 6.45) is 0. The smallest absolute Gasteiger partial charge is 0.255 e. The van der Waals surface area contributed by atoms with E-state index in [1.165, 1.54) is 12.1 Å². The van der Waals surface area contributed by atoms with Gasteiger partial charge in [-0.2, -0.15) is 4.68 Å². The Morgan fingerprint density at radius 3 is 2.40 bits per heavy atom. The Balaban J connectivity index is 1.91. The van der Waals surface area contributed by atoms with Crippen LogP contribution in [0.1, 0.15) is 16.2 Å². The number of phenols is 1. The molecule has 0 bridgehead atoms. The van der Waals surface area contributed by atoms with Gasteiger partial charge in [-0.3, -0.25) is 4.79 Å². The molecule has 0 aliphatic heterocycles. The molecule has 25 heavy (non-hydrogen) atoms. The molecule has 0 fully saturated rings. The number of rotatable bonds is 3. The van der Waals surface area contributed by atoms with E-state index in [4.69, 9.17) is 5.11 Å². The van der Waals surface area contributed by atoms with Gasteiger partial charge in [0.2, 0.25) is 0 Å². The van der Waals surface area contributed by atoms with E-state index in [-0.39, 0.29) is 16.9 Å². The lowest BCUT2D eigenvalue weighted by Crippen LogP contribution is -2.13. The van der Waals surface area contributed by atoms with Crippen LogP contribution in [-0.2, 0) is 0 Å². The van der Waals surface area contributed by atoms with Crippen molar-refractivity contribution in [2.75, 3.05) is 5.32 Å². The zero-order valence-corrected chi connectivity index (χ0v) is 12.7. The van der Waals surface area contributed by atoms with Gasteiger partial charge in [-0.05, 0) is 47.7 Å². The number of halogens is 3. The standard InChI is InChI=1S/C15H10F3N5O2/c1-7-20-21-22-23(7)13-6-9(2-3-10(13)16)19-15(25)8-4-11(17)14(24)12(18)5-8/h2-6,24H,1H3,(H,19,25). The average Bonchev–Trinajstić information content (AvgIpc) is 2.99. The van der Waals surface area contributed by atoms with Crippen LogP contribution >= 0.6 is 0 Å². The summed E-state index contributed by atoms with van der Waals surface area (Å²) >= 11 is 0. The number of aryl methyl sites for hydroxylation is 1. The Kier molecular flexibility index (Phi) is 4.09. The van der Waals surface area contributed by atoms with Crippen molar-refractivity contribution in [1.29, 1.82) is 0 Å². The topological polar surface area (TPSA) is 92.9 Å². The van der Waals surface area contributed by atoms with E-state index in [9.17, 15) is 18.0 Å². The highest BCUT2D eigenvalue weighted by atomic mass is 19.1. The Morgan fingerprint density at radius 1 is 1.12 bits per heavy atom. The van der Waals surface area contributed by atoms with Crippen LogP contribution in [0.4, 0.5) is 18.9 Å². The molecule has 2 aromatic carbocycles. The minimum atomic E-state index is -1.27. The van der Waals surface area contributed by atoms with Gasteiger partial charge in [0.1, 0.15) is 11.5 Å². The lowest BCUT2D eigenvalue weighted by Gasteiger charge is -2.09. The van der Waals surface area contributed by atoms with Gasteiger partial charge in [0.15, 0.2) is 23.2 Å². The summed E-state index contributed by atoms with van der Waals surface area (Å²) < 4.78 is 41.8. The van der Waals surface area contributed by atoms with Gasteiger partial charge in [0.05, 0.1) is 0 Å². The van der Waals surface area contributed by atoms with Gasteiger partial charge in [-0.1, -0.05) is 0 Å². The normalized spacial score (nSPS) is 10.7. The first-order valence-electron chi connectivity index (χ1n) is 6.91. The second kappa shape index (κ2) is 6.23. The minimum Gasteiger partial charge on any atom is -0.503 e. The van der Waals surface area contributed by atoms with Crippen molar-refractivity contribution >= 4 is 11.6 Å². The molecular weight excluding hydrogens is 339 g/mol. The van der Waals surface area contributed by atoms with Crippen molar-refractivity contribution in [2.24, 2.45) is 0 Å². The van der Waals surface area contributed by atoms with Crippen LogP contribution < -0.4 is 5.32 Å². The molecule has 2 N–H and O–H groups in total. The summed E-state index contributed by atoms with van der Waals surface area (Å²) in [6, 6.07) is 4.99. The molecule has 7 nitrogen and oxygen atoms in total. The van der Waals surface area contributed by atoms with E-state index in [1.807, 2.05) is 0 Å². The van der Waals surface area contributed by atoms with Crippen LogP contribution in [0, 0.1) is 24.4 Å².